The molecule has 1 aliphatic heterocycles. The Bertz CT molecular complexity index is 1400. The van der Waals surface area contributed by atoms with Gasteiger partial charge in [0.05, 0.1) is 29.2 Å². The van der Waals surface area contributed by atoms with E-state index >= 15 is 0 Å². The fourth-order valence-electron chi connectivity index (χ4n) is 3.37. The van der Waals surface area contributed by atoms with Gasteiger partial charge in [-0.3, -0.25) is 4.79 Å². The molecular formula is C21H13N7O2. The zero-order chi connectivity index (χ0) is 20.7. The van der Waals surface area contributed by atoms with Crippen molar-refractivity contribution in [2.45, 2.75) is 0 Å². The molecule has 1 aliphatic rings. The van der Waals surface area contributed by atoms with Gasteiger partial charge in [-0.2, -0.15) is 20.1 Å². The summed E-state index contributed by atoms with van der Waals surface area (Å²) in [5.41, 5.74) is 4.12. The molecule has 0 saturated carbocycles. The normalized spacial score (nSPS) is 12.4. The number of carbonyl (C=O) groups is 1. The standard InChI is InChI=1S/C21H13N7O2/c22-8-12-2-1-3-15(6-12)25-21-19(27-20-14(9-23)10-24-28(20)21)13-4-5-17-16(7-13)26-18(29)11-30-17/h1-7,10,25,27H,11H2,(H,26,29). The van der Waals surface area contributed by atoms with Gasteiger partial charge in [-0.1, -0.05) is 6.07 Å². The van der Waals surface area contributed by atoms with Crippen LogP contribution >= 0.6 is 0 Å². The maximum atomic E-state index is 11.7. The summed E-state index contributed by atoms with van der Waals surface area (Å²) in [5.74, 6) is 0.951. The third-order valence-electron chi connectivity index (χ3n) is 4.74. The molecule has 0 fully saturated rings. The minimum Gasteiger partial charge on any atom is -0.482 e. The molecule has 144 valence electrons. The molecule has 4 aromatic rings. The largest absolute Gasteiger partial charge is 0.482 e. The lowest BCUT2D eigenvalue weighted by Crippen LogP contribution is -2.25. The molecule has 0 aliphatic carbocycles. The van der Waals surface area contributed by atoms with Crippen LogP contribution in [0.4, 0.5) is 17.2 Å². The summed E-state index contributed by atoms with van der Waals surface area (Å²) in [4.78, 5) is 14.9. The molecule has 0 radical (unpaired) electrons. The molecule has 3 N–H and O–H groups in total. The SMILES string of the molecule is N#Cc1cccc(Nc2c(-c3ccc4c(c3)NC(=O)CO4)[nH]c3c(C#N)cnn23)c1. The van der Waals surface area contributed by atoms with Crippen molar-refractivity contribution in [2.24, 2.45) is 0 Å². The minimum atomic E-state index is -0.223. The summed E-state index contributed by atoms with van der Waals surface area (Å²) in [6.45, 7) is -0.0176. The Labute approximate surface area is 170 Å². The number of amides is 1. The van der Waals surface area contributed by atoms with Crippen LogP contribution in [0, 0.1) is 22.7 Å². The number of fused-ring (bicyclic) bond motifs is 2. The molecule has 0 atom stereocenters. The summed E-state index contributed by atoms with van der Waals surface area (Å²) < 4.78 is 7.03. The Kier molecular flexibility index (Phi) is 3.87. The highest BCUT2D eigenvalue weighted by molar-refractivity contribution is 5.96. The lowest BCUT2D eigenvalue weighted by atomic mass is 10.1. The number of hydrogen-bond donors (Lipinski definition) is 3. The molecule has 9 nitrogen and oxygen atoms in total. The molecular weight excluding hydrogens is 382 g/mol. The van der Waals surface area contributed by atoms with Crippen LogP contribution in [0.5, 0.6) is 5.75 Å². The molecule has 0 spiro atoms. The number of nitrogens with one attached hydrogen (secondary N) is 3. The molecule has 2 aromatic carbocycles. The monoisotopic (exact) mass is 395 g/mol. The average Bonchev–Trinajstić information content (AvgIpc) is 3.33. The van der Waals surface area contributed by atoms with E-state index in [9.17, 15) is 15.3 Å². The molecule has 0 unspecified atom stereocenters. The van der Waals surface area contributed by atoms with Crippen molar-refractivity contribution in [3.8, 4) is 29.1 Å². The van der Waals surface area contributed by atoms with Crippen LogP contribution in [-0.2, 0) is 4.79 Å². The van der Waals surface area contributed by atoms with E-state index in [1.54, 1.807) is 34.8 Å². The fraction of sp³-hybridized carbons (Fsp3) is 0.0476. The van der Waals surface area contributed by atoms with Crippen LogP contribution in [0.1, 0.15) is 11.1 Å². The predicted octanol–water partition coefficient (Wildman–Crippen LogP) is 3.15. The maximum absolute atomic E-state index is 11.7. The Morgan fingerprint density at radius 3 is 2.90 bits per heavy atom. The first kappa shape index (κ1) is 17.3. The second-order valence-corrected chi connectivity index (χ2v) is 6.64. The second kappa shape index (κ2) is 6.69. The molecule has 30 heavy (non-hydrogen) atoms. The quantitative estimate of drug-likeness (QED) is 0.488. The number of nitrogens with zero attached hydrogens (tertiary/aromatic N) is 4. The van der Waals surface area contributed by atoms with Gasteiger partial charge < -0.3 is 20.4 Å². The Morgan fingerprint density at radius 1 is 1.17 bits per heavy atom. The van der Waals surface area contributed by atoms with Crippen molar-refractivity contribution >= 4 is 28.7 Å². The van der Waals surface area contributed by atoms with Gasteiger partial charge in [-0.15, -0.1) is 0 Å². The highest BCUT2D eigenvalue weighted by atomic mass is 16.5. The highest BCUT2D eigenvalue weighted by Crippen LogP contribution is 2.37. The minimum absolute atomic E-state index is 0.0176. The van der Waals surface area contributed by atoms with Crippen molar-refractivity contribution in [3.63, 3.8) is 0 Å². The Morgan fingerprint density at radius 2 is 2.07 bits per heavy atom. The average molecular weight is 395 g/mol. The van der Waals surface area contributed by atoms with Gasteiger partial charge >= 0.3 is 0 Å². The van der Waals surface area contributed by atoms with Crippen LogP contribution in [-0.4, -0.2) is 27.1 Å². The van der Waals surface area contributed by atoms with Crippen LogP contribution in [0.3, 0.4) is 0 Å². The molecule has 9 heteroatoms. The second-order valence-electron chi connectivity index (χ2n) is 6.64. The smallest absolute Gasteiger partial charge is 0.262 e. The number of anilines is 3. The number of imidazole rings is 1. The van der Waals surface area contributed by atoms with Crippen molar-refractivity contribution < 1.29 is 9.53 Å². The zero-order valence-electron chi connectivity index (χ0n) is 15.4. The number of hydrogen-bond acceptors (Lipinski definition) is 6. The lowest BCUT2D eigenvalue weighted by molar-refractivity contribution is -0.118. The first-order valence-corrected chi connectivity index (χ1v) is 9.00. The van der Waals surface area contributed by atoms with Gasteiger partial charge in [0.25, 0.3) is 5.91 Å². The fourth-order valence-corrected chi connectivity index (χ4v) is 3.37. The lowest BCUT2D eigenvalue weighted by Gasteiger charge is -2.18. The third-order valence-corrected chi connectivity index (χ3v) is 4.74. The van der Waals surface area contributed by atoms with Gasteiger partial charge in [0.15, 0.2) is 18.1 Å². The summed E-state index contributed by atoms with van der Waals surface area (Å²) in [5, 5.41) is 29.0. The number of aromatic amines is 1. The van der Waals surface area contributed by atoms with Gasteiger partial charge in [0.2, 0.25) is 0 Å². The van der Waals surface area contributed by atoms with Gasteiger partial charge in [-0.05, 0) is 36.4 Å². The van der Waals surface area contributed by atoms with Crippen LogP contribution in [0.2, 0.25) is 0 Å². The maximum Gasteiger partial charge on any atom is 0.262 e. The zero-order valence-corrected chi connectivity index (χ0v) is 15.4. The van der Waals surface area contributed by atoms with Crippen molar-refractivity contribution in [2.75, 3.05) is 17.2 Å². The Balaban J connectivity index is 1.66. The van der Waals surface area contributed by atoms with Crippen LogP contribution in [0.25, 0.3) is 16.9 Å². The number of rotatable bonds is 3. The van der Waals surface area contributed by atoms with Crippen molar-refractivity contribution in [3.05, 3.63) is 59.8 Å². The number of ether oxygens (including phenoxy) is 1. The first-order valence-electron chi connectivity index (χ1n) is 9.00. The van der Waals surface area contributed by atoms with E-state index in [2.05, 4.69) is 32.9 Å². The van der Waals surface area contributed by atoms with E-state index in [4.69, 9.17) is 4.74 Å². The molecule has 1 amide bonds. The Hall–Kier alpha value is -4.76. The number of nitriles is 2. The molecule has 0 bridgehead atoms. The van der Waals surface area contributed by atoms with Crippen molar-refractivity contribution in [1.29, 1.82) is 10.5 Å². The number of aromatic nitrogens is 3. The predicted molar refractivity (Wildman–Crippen MR) is 108 cm³/mol. The molecule has 0 saturated heterocycles. The van der Waals surface area contributed by atoms with E-state index < -0.39 is 0 Å². The third kappa shape index (κ3) is 2.79. The van der Waals surface area contributed by atoms with Gasteiger partial charge in [-0.25, -0.2) is 0 Å². The van der Waals surface area contributed by atoms with Gasteiger partial charge in [0, 0.05) is 11.3 Å². The summed E-state index contributed by atoms with van der Waals surface area (Å²) in [7, 11) is 0. The van der Waals surface area contributed by atoms with E-state index in [1.807, 2.05) is 12.1 Å². The summed E-state index contributed by atoms with van der Waals surface area (Å²) in [6.07, 6.45) is 1.48. The molecule has 3 heterocycles. The number of H-pyrrole nitrogens is 1. The number of benzene rings is 2. The van der Waals surface area contributed by atoms with E-state index in [0.29, 0.717) is 45.4 Å². The molecule has 2 aromatic heterocycles. The van der Waals surface area contributed by atoms with Crippen LogP contribution in [0.15, 0.2) is 48.7 Å². The number of carbonyl (C=O) groups excluding carboxylic acids is 1. The molecule has 5 rings (SSSR count). The van der Waals surface area contributed by atoms with Crippen LogP contribution < -0.4 is 15.4 Å². The summed E-state index contributed by atoms with van der Waals surface area (Å²) in [6, 6.07) is 16.7. The topological polar surface area (TPSA) is 131 Å². The van der Waals surface area contributed by atoms with E-state index in [0.717, 1.165) is 5.56 Å². The van der Waals surface area contributed by atoms with E-state index in [1.165, 1.54) is 6.20 Å². The summed E-state index contributed by atoms with van der Waals surface area (Å²) >= 11 is 0. The first-order chi connectivity index (χ1) is 14.7. The van der Waals surface area contributed by atoms with Crippen molar-refractivity contribution in [1.82, 2.24) is 14.6 Å². The van der Waals surface area contributed by atoms with E-state index in [-0.39, 0.29) is 12.5 Å². The highest BCUT2D eigenvalue weighted by Gasteiger charge is 2.21. The van der Waals surface area contributed by atoms with Gasteiger partial charge in [0.1, 0.15) is 17.4 Å².